The minimum Gasteiger partial charge on any atom is -0.487 e. The van der Waals surface area contributed by atoms with Crippen LogP contribution in [0.2, 0.25) is 0 Å². The van der Waals surface area contributed by atoms with Gasteiger partial charge in [-0.15, -0.1) is 11.3 Å². The fourth-order valence-corrected chi connectivity index (χ4v) is 3.42. The Balaban J connectivity index is 1.90. The molecule has 102 valence electrons. The highest BCUT2D eigenvalue weighted by atomic mass is 32.1. The monoisotopic (exact) mass is 284 g/mol. The minimum atomic E-state index is 0.576. The first-order valence-corrected chi connectivity index (χ1v) is 7.37. The van der Waals surface area contributed by atoms with Crippen molar-refractivity contribution in [1.29, 1.82) is 0 Å². The smallest absolute Gasteiger partial charge is 0.138 e. The lowest BCUT2D eigenvalue weighted by molar-refractivity contribution is 0.305. The average Bonchev–Trinajstić information content (AvgIpc) is 2.84. The molecule has 0 unspecified atom stereocenters. The number of nitrogens with one attached hydrogen (secondary N) is 1. The molecule has 0 aliphatic carbocycles. The topological polar surface area (TPSA) is 34.1 Å². The molecule has 0 saturated heterocycles. The summed E-state index contributed by atoms with van der Waals surface area (Å²) in [7, 11) is 1.97. The molecule has 0 spiro atoms. The molecular formula is C16H16N2OS. The zero-order chi connectivity index (χ0) is 13.8. The molecule has 1 N–H and O–H groups in total. The van der Waals surface area contributed by atoms with Crippen molar-refractivity contribution in [1.82, 2.24) is 10.3 Å². The maximum Gasteiger partial charge on any atom is 0.138 e. The molecule has 0 aliphatic heterocycles. The van der Waals surface area contributed by atoms with Gasteiger partial charge in [-0.2, -0.15) is 0 Å². The minimum absolute atomic E-state index is 0.576. The van der Waals surface area contributed by atoms with Crippen LogP contribution in [-0.4, -0.2) is 12.0 Å². The van der Waals surface area contributed by atoms with Crippen molar-refractivity contribution in [3.63, 3.8) is 0 Å². The van der Waals surface area contributed by atoms with Gasteiger partial charge in [0.25, 0.3) is 0 Å². The van der Waals surface area contributed by atoms with E-state index in [0.29, 0.717) is 6.61 Å². The number of benzene rings is 1. The molecule has 2 heterocycles. The summed E-state index contributed by atoms with van der Waals surface area (Å²) in [6, 6.07) is 12.3. The van der Waals surface area contributed by atoms with Crippen LogP contribution in [0.1, 0.15) is 10.4 Å². The second-order valence-corrected chi connectivity index (χ2v) is 5.64. The zero-order valence-electron chi connectivity index (χ0n) is 11.3. The molecule has 0 saturated carbocycles. The molecule has 3 nitrogen and oxygen atoms in total. The lowest BCUT2D eigenvalue weighted by Gasteiger charge is -2.07. The summed E-state index contributed by atoms with van der Waals surface area (Å²) in [5, 5.41) is 4.51. The van der Waals surface area contributed by atoms with E-state index in [4.69, 9.17) is 4.74 Å². The first-order valence-electron chi connectivity index (χ1n) is 6.55. The third-order valence-corrected chi connectivity index (χ3v) is 4.35. The number of fused-ring (bicyclic) bond motifs is 1. The number of nitrogens with zero attached hydrogens (tertiary/aromatic N) is 1. The summed E-state index contributed by atoms with van der Waals surface area (Å²) in [5.74, 6) is 0.804. The number of aromatic nitrogens is 1. The van der Waals surface area contributed by atoms with Crippen LogP contribution in [0, 0.1) is 0 Å². The second kappa shape index (κ2) is 6.03. The quantitative estimate of drug-likeness (QED) is 0.777. The van der Waals surface area contributed by atoms with Gasteiger partial charge < -0.3 is 10.1 Å². The lowest BCUT2D eigenvalue weighted by atomic mass is 10.1. The highest BCUT2D eigenvalue weighted by molar-refractivity contribution is 7.19. The van der Waals surface area contributed by atoms with Crippen LogP contribution in [0.5, 0.6) is 5.75 Å². The SMILES string of the molecule is CNCc1sc2ccccc2c1COc1cccnc1. The molecule has 0 aliphatic rings. The van der Waals surface area contributed by atoms with Crippen molar-refractivity contribution in [3.8, 4) is 5.75 Å². The number of rotatable bonds is 5. The van der Waals surface area contributed by atoms with Gasteiger partial charge in [0, 0.05) is 27.9 Å². The average molecular weight is 284 g/mol. The molecule has 0 bridgehead atoms. The highest BCUT2D eigenvalue weighted by Crippen LogP contribution is 2.32. The van der Waals surface area contributed by atoms with Gasteiger partial charge in [0.15, 0.2) is 0 Å². The Hall–Kier alpha value is -1.91. The summed E-state index contributed by atoms with van der Waals surface area (Å²) in [6.07, 6.45) is 3.49. The first kappa shape index (κ1) is 13.1. The van der Waals surface area contributed by atoms with Crippen molar-refractivity contribution in [2.75, 3.05) is 7.05 Å². The van der Waals surface area contributed by atoms with Crippen molar-refractivity contribution in [2.24, 2.45) is 0 Å². The Morgan fingerprint density at radius 1 is 1.20 bits per heavy atom. The van der Waals surface area contributed by atoms with Gasteiger partial charge >= 0.3 is 0 Å². The van der Waals surface area contributed by atoms with Crippen LogP contribution >= 0.6 is 11.3 Å². The molecule has 0 fully saturated rings. The standard InChI is InChI=1S/C16H16N2OS/c1-17-10-16-14(11-19-12-5-4-8-18-9-12)13-6-2-3-7-15(13)20-16/h2-9,17H,10-11H2,1H3. The van der Waals surface area contributed by atoms with Crippen LogP contribution in [0.15, 0.2) is 48.8 Å². The van der Waals surface area contributed by atoms with E-state index in [1.54, 1.807) is 12.4 Å². The number of hydrogen-bond acceptors (Lipinski definition) is 4. The van der Waals surface area contributed by atoms with E-state index in [-0.39, 0.29) is 0 Å². The zero-order valence-corrected chi connectivity index (χ0v) is 12.1. The Bertz CT molecular complexity index is 694. The molecule has 3 aromatic rings. The number of ether oxygens (including phenoxy) is 1. The first-order chi connectivity index (χ1) is 9.88. The Labute approximate surface area is 122 Å². The number of pyridine rings is 1. The van der Waals surface area contributed by atoms with E-state index in [9.17, 15) is 0 Å². The Morgan fingerprint density at radius 3 is 2.90 bits per heavy atom. The van der Waals surface area contributed by atoms with Gasteiger partial charge in [0.2, 0.25) is 0 Å². The van der Waals surface area contributed by atoms with E-state index in [2.05, 4.69) is 34.6 Å². The van der Waals surface area contributed by atoms with E-state index >= 15 is 0 Å². The predicted molar refractivity (Wildman–Crippen MR) is 83.2 cm³/mol. The maximum absolute atomic E-state index is 5.86. The molecule has 1 aromatic carbocycles. The van der Waals surface area contributed by atoms with E-state index in [1.807, 2.05) is 30.5 Å². The second-order valence-electron chi connectivity index (χ2n) is 4.51. The van der Waals surface area contributed by atoms with Gasteiger partial charge in [-0.1, -0.05) is 18.2 Å². The number of hydrogen-bond donors (Lipinski definition) is 1. The molecule has 0 amide bonds. The molecule has 4 heteroatoms. The Morgan fingerprint density at radius 2 is 2.10 bits per heavy atom. The largest absolute Gasteiger partial charge is 0.487 e. The van der Waals surface area contributed by atoms with Crippen molar-refractivity contribution in [3.05, 3.63) is 59.2 Å². The summed E-state index contributed by atoms with van der Waals surface area (Å²) in [4.78, 5) is 5.40. The normalized spacial score (nSPS) is 10.8. The summed E-state index contributed by atoms with van der Waals surface area (Å²) >= 11 is 1.83. The third-order valence-electron chi connectivity index (χ3n) is 3.14. The summed E-state index contributed by atoms with van der Waals surface area (Å²) in [5.41, 5.74) is 1.27. The Kier molecular flexibility index (Phi) is 3.95. The fourth-order valence-electron chi connectivity index (χ4n) is 2.20. The molecule has 20 heavy (non-hydrogen) atoms. The summed E-state index contributed by atoms with van der Waals surface area (Å²) in [6.45, 7) is 1.44. The summed E-state index contributed by atoms with van der Waals surface area (Å²) < 4.78 is 7.17. The highest BCUT2D eigenvalue weighted by Gasteiger charge is 2.11. The van der Waals surface area contributed by atoms with E-state index in [1.165, 1.54) is 20.5 Å². The maximum atomic E-state index is 5.86. The van der Waals surface area contributed by atoms with Crippen molar-refractivity contribution < 1.29 is 4.74 Å². The van der Waals surface area contributed by atoms with E-state index < -0.39 is 0 Å². The molecule has 2 aromatic heterocycles. The van der Waals surface area contributed by atoms with Crippen LogP contribution in [0.4, 0.5) is 0 Å². The van der Waals surface area contributed by atoms with Crippen LogP contribution in [-0.2, 0) is 13.2 Å². The van der Waals surface area contributed by atoms with Crippen molar-refractivity contribution in [2.45, 2.75) is 13.2 Å². The van der Waals surface area contributed by atoms with E-state index in [0.717, 1.165) is 12.3 Å². The molecular weight excluding hydrogens is 268 g/mol. The van der Waals surface area contributed by atoms with Gasteiger partial charge in [-0.25, -0.2) is 0 Å². The van der Waals surface area contributed by atoms with Crippen molar-refractivity contribution >= 4 is 21.4 Å². The van der Waals surface area contributed by atoms with Crippen LogP contribution in [0.25, 0.3) is 10.1 Å². The van der Waals surface area contributed by atoms with Gasteiger partial charge in [0.05, 0.1) is 6.20 Å². The van der Waals surface area contributed by atoms with Gasteiger partial charge in [0.1, 0.15) is 12.4 Å². The lowest BCUT2D eigenvalue weighted by Crippen LogP contribution is -2.06. The molecule has 0 atom stereocenters. The van der Waals surface area contributed by atoms with Gasteiger partial charge in [-0.05, 0) is 30.6 Å². The third kappa shape index (κ3) is 2.66. The number of thiophene rings is 1. The van der Waals surface area contributed by atoms with Crippen LogP contribution in [0.3, 0.4) is 0 Å². The van der Waals surface area contributed by atoms with Crippen LogP contribution < -0.4 is 10.1 Å². The predicted octanol–water partition coefficient (Wildman–Crippen LogP) is 3.59. The fraction of sp³-hybridized carbons (Fsp3) is 0.188. The molecule has 3 rings (SSSR count). The molecule has 0 radical (unpaired) electrons. The van der Waals surface area contributed by atoms with Gasteiger partial charge in [-0.3, -0.25) is 4.98 Å².